The van der Waals surface area contributed by atoms with Gasteiger partial charge in [0.1, 0.15) is 0 Å². The van der Waals surface area contributed by atoms with Gasteiger partial charge in [-0.3, -0.25) is 4.57 Å². The fourth-order valence-corrected chi connectivity index (χ4v) is 9.13. The first-order chi connectivity index (χ1) is 25.8. The van der Waals surface area contributed by atoms with Crippen LogP contribution in [0.4, 0.5) is 0 Å². The van der Waals surface area contributed by atoms with Crippen molar-refractivity contribution in [2.75, 3.05) is 0 Å². The maximum atomic E-state index is 5.43. The quantitative estimate of drug-likeness (QED) is 0.185. The molecular formula is C48H30N4. The molecule has 0 radical (unpaired) electrons. The van der Waals surface area contributed by atoms with Crippen LogP contribution in [-0.2, 0) is 0 Å². The smallest absolute Gasteiger partial charge is 0.235 e. The van der Waals surface area contributed by atoms with Crippen molar-refractivity contribution >= 4 is 71.0 Å². The second-order valence-corrected chi connectivity index (χ2v) is 14.1. The van der Waals surface area contributed by atoms with Gasteiger partial charge in [-0.15, -0.1) is 0 Å². The first kappa shape index (κ1) is 28.0. The average molecular weight is 663 g/mol. The number of nitrogens with zero attached hydrogens (tertiary/aromatic N) is 4. The number of hydrogen-bond donors (Lipinski definition) is 0. The van der Waals surface area contributed by atoms with Gasteiger partial charge in [0, 0.05) is 49.7 Å². The third-order valence-corrected chi connectivity index (χ3v) is 11.4. The summed E-state index contributed by atoms with van der Waals surface area (Å²) in [6.07, 6.45) is 7.86. The van der Waals surface area contributed by atoms with E-state index in [9.17, 15) is 0 Å². The Bertz CT molecular complexity index is 3230. The SMILES string of the molecule is C1=CCC2C(=C1)n1c3cc4c5ccccc5n(-c5nc(-c6ccc7ccccc7c6)c6ccccc6n5)c4cc3c3cccc(c31)-c1ccccc12. The van der Waals surface area contributed by atoms with Crippen LogP contribution in [0.3, 0.4) is 0 Å². The molecule has 52 heavy (non-hydrogen) atoms. The van der Waals surface area contributed by atoms with E-state index in [1.165, 1.54) is 65.7 Å². The minimum Gasteiger partial charge on any atom is -0.312 e. The lowest BCUT2D eigenvalue weighted by Crippen LogP contribution is -2.08. The highest BCUT2D eigenvalue weighted by molar-refractivity contribution is 6.21. The monoisotopic (exact) mass is 662 g/mol. The molecule has 0 amide bonds. The van der Waals surface area contributed by atoms with E-state index in [1.54, 1.807) is 0 Å². The summed E-state index contributed by atoms with van der Waals surface area (Å²) in [5.74, 6) is 0.955. The summed E-state index contributed by atoms with van der Waals surface area (Å²) in [6.45, 7) is 0. The molecule has 0 saturated carbocycles. The summed E-state index contributed by atoms with van der Waals surface area (Å²) in [5.41, 5.74) is 13.0. The number of para-hydroxylation sites is 3. The zero-order valence-corrected chi connectivity index (χ0v) is 28.2. The maximum absolute atomic E-state index is 5.43. The summed E-state index contributed by atoms with van der Waals surface area (Å²) < 4.78 is 4.84. The normalized spacial score (nSPS) is 15.1. The van der Waals surface area contributed by atoms with Crippen LogP contribution in [0.2, 0.25) is 0 Å². The molecule has 3 aromatic heterocycles. The van der Waals surface area contributed by atoms with E-state index in [1.807, 2.05) is 0 Å². The van der Waals surface area contributed by atoms with E-state index in [-0.39, 0.29) is 5.92 Å². The van der Waals surface area contributed by atoms with Gasteiger partial charge in [0.15, 0.2) is 0 Å². The van der Waals surface area contributed by atoms with Gasteiger partial charge in [0.2, 0.25) is 5.95 Å². The minimum atomic E-state index is 0.281. The number of rotatable bonds is 2. The molecule has 0 bridgehead atoms. The maximum Gasteiger partial charge on any atom is 0.235 e. The first-order valence-electron chi connectivity index (χ1n) is 18.0. The first-order valence-corrected chi connectivity index (χ1v) is 18.0. The zero-order chi connectivity index (χ0) is 33.9. The molecule has 0 fully saturated rings. The highest BCUT2D eigenvalue weighted by Crippen LogP contribution is 2.50. The summed E-state index contributed by atoms with van der Waals surface area (Å²) in [4.78, 5) is 10.7. The summed E-state index contributed by atoms with van der Waals surface area (Å²) in [7, 11) is 0. The molecule has 1 atom stereocenters. The van der Waals surface area contributed by atoms with Crippen molar-refractivity contribution in [1.29, 1.82) is 0 Å². The van der Waals surface area contributed by atoms with Gasteiger partial charge in [0.25, 0.3) is 0 Å². The Morgan fingerprint density at radius 2 is 1.25 bits per heavy atom. The summed E-state index contributed by atoms with van der Waals surface area (Å²) in [6, 6.07) is 52.8. The van der Waals surface area contributed by atoms with Gasteiger partial charge in [-0.2, -0.15) is 0 Å². The Labute approximate surface area is 299 Å². The van der Waals surface area contributed by atoms with Crippen molar-refractivity contribution in [3.8, 4) is 28.3 Å². The molecule has 0 N–H and O–H groups in total. The number of hydrogen-bond acceptors (Lipinski definition) is 2. The predicted octanol–water partition coefficient (Wildman–Crippen LogP) is 12.2. The van der Waals surface area contributed by atoms with Crippen molar-refractivity contribution in [3.05, 3.63) is 169 Å². The molecule has 242 valence electrons. The van der Waals surface area contributed by atoms with Gasteiger partial charge in [-0.1, -0.05) is 127 Å². The van der Waals surface area contributed by atoms with E-state index in [0.717, 1.165) is 39.6 Å². The molecule has 0 spiro atoms. The molecule has 1 aliphatic heterocycles. The molecule has 10 aromatic rings. The Balaban J connectivity index is 1.19. The minimum absolute atomic E-state index is 0.281. The van der Waals surface area contributed by atoms with Crippen LogP contribution in [0.5, 0.6) is 0 Å². The van der Waals surface area contributed by atoms with Crippen LogP contribution in [0.25, 0.3) is 99.3 Å². The second kappa shape index (κ2) is 10.4. The second-order valence-electron chi connectivity index (χ2n) is 14.1. The van der Waals surface area contributed by atoms with Crippen LogP contribution in [0.1, 0.15) is 17.9 Å². The third-order valence-electron chi connectivity index (χ3n) is 11.4. The molecule has 4 heterocycles. The van der Waals surface area contributed by atoms with Crippen LogP contribution in [0.15, 0.2) is 164 Å². The summed E-state index contributed by atoms with van der Waals surface area (Å²) >= 11 is 0. The molecule has 12 rings (SSSR count). The van der Waals surface area contributed by atoms with Crippen LogP contribution in [-0.4, -0.2) is 19.1 Å². The van der Waals surface area contributed by atoms with E-state index in [0.29, 0.717) is 5.95 Å². The highest BCUT2D eigenvalue weighted by Gasteiger charge is 2.30. The van der Waals surface area contributed by atoms with Gasteiger partial charge >= 0.3 is 0 Å². The molecule has 1 unspecified atom stereocenters. The topological polar surface area (TPSA) is 35.6 Å². The number of benzene rings is 7. The fraction of sp³-hybridized carbons (Fsp3) is 0.0417. The Hall–Kier alpha value is -6.78. The van der Waals surface area contributed by atoms with Crippen molar-refractivity contribution in [2.45, 2.75) is 12.3 Å². The molecular weight excluding hydrogens is 633 g/mol. The van der Waals surface area contributed by atoms with Crippen molar-refractivity contribution in [1.82, 2.24) is 19.1 Å². The van der Waals surface area contributed by atoms with Gasteiger partial charge in [-0.05, 0) is 64.7 Å². The standard InChI is InChI=1S/C48H30N4/c1-2-13-30-26-31(25-24-29(30)12-1)46-38-18-5-8-21-41(38)49-48(50-46)52-43-23-10-7-17-35(43)39-27-44-40(28-45(39)52)37-20-11-19-36-33-15-4-3-14-32(33)34-16-6-9-22-42(34)51(44)47(36)37/h1-15,17-28,34H,16H2. The van der Waals surface area contributed by atoms with E-state index >= 15 is 0 Å². The van der Waals surface area contributed by atoms with Gasteiger partial charge in [-0.25, -0.2) is 9.97 Å². The Morgan fingerprint density at radius 3 is 2.19 bits per heavy atom. The molecule has 7 aromatic carbocycles. The van der Waals surface area contributed by atoms with E-state index in [4.69, 9.17) is 9.97 Å². The molecule has 1 aliphatic carbocycles. The van der Waals surface area contributed by atoms with Crippen LogP contribution < -0.4 is 0 Å². The lowest BCUT2D eigenvalue weighted by atomic mass is 9.85. The summed E-state index contributed by atoms with van der Waals surface area (Å²) in [5, 5.41) is 8.32. The predicted molar refractivity (Wildman–Crippen MR) is 216 cm³/mol. The Morgan fingerprint density at radius 1 is 0.519 bits per heavy atom. The lowest BCUT2D eigenvalue weighted by molar-refractivity contribution is 0.837. The largest absolute Gasteiger partial charge is 0.312 e. The zero-order valence-electron chi connectivity index (χ0n) is 28.2. The third kappa shape index (κ3) is 3.76. The van der Waals surface area contributed by atoms with Crippen LogP contribution in [0, 0.1) is 0 Å². The number of aromatic nitrogens is 4. The molecule has 4 heteroatoms. The van der Waals surface area contributed by atoms with Crippen molar-refractivity contribution in [3.63, 3.8) is 0 Å². The van der Waals surface area contributed by atoms with Crippen LogP contribution >= 0.6 is 0 Å². The average Bonchev–Trinajstić information content (AvgIpc) is 3.67. The molecule has 4 nitrogen and oxygen atoms in total. The van der Waals surface area contributed by atoms with Crippen molar-refractivity contribution in [2.24, 2.45) is 0 Å². The molecule has 2 aliphatic rings. The number of fused-ring (bicyclic) bond motifs is 13. The van der Waals surface area contributed by atoms with Crippen molar-refractivity contribution < 1.29 is 0 Å². The van der Waals surface area contributed by atoms with Gasteiger partial charge < -0.3 is 4.57 Å². The highest BCUT2D eigenvalue weighted by atomic mass is 15.2. The van der Waals surface area contributed by atoms with E-state index < -0.39 is 0 Å². The fourth-order valence-electron chi connectivity index (χ4n) is 9.13. The van der Waals surface area contributed by atoms with Gasteiger partial charge in [0.05, 0.1) is 33.3 Å². The Kier molecular flexibility index (Phi) is 5.58. The lowest BCUT2D eigenvalue weighted by Gasteiger charge is -2.23. The number of allylic oxidation sites excluding steroid dienone is 4. The molecule has 0 saturated heterocycles. The van der Waals surface area contributed by atoms with E-state index in [2.05, 4.69) is 173 Å².